The Balaban J connectivity index is 1.97. The second kappa shape index (κ2) is 5.17. The van der Waals surface area contributed by atoms with Crippen molar-refractivity contribution in [1.82, 2.24) is 0 Å². The van der Waals surface area contributed by atoms with Gasteiger partial charge in [0.05, 0.1) is 11.6 Å². The SMILES string of the molecule is Cc1cc(C)cc(C2CC(=O)N(c3ccccc3)C2=O)c1. The highest BCUT2D eigenvalue weighted by molar-refractivity contribution is 6.22. The van der Waals surface area contributed by atoms with Crippen LogP contribution in [-0.4, -0.2) is 11.8 Å². The Labute approximate surface area is 124 Å². The minimum atomic E-state index is -0.365. The molecule has 1 fully saturated rings. The molecule has 21 heavy (non-hydrogen) atoms. The average molecular weight is 279 g/mol. The summed E-state index contributed by atoms with van der Waals surface area (Å²) < 4.78 is 0. The molecule has 0 aliphatic carbocycles. The van der Waals surface area contributed by atoms with Crippen molar-refractivity contribution in [3.63, 3.8) is 0 Å². The van der Waals surface area contributed by atoms with Gasteiger partial charge in [-0.05, 0) is 31.5 Å². The number of hydrogen-bond acceptors (Lipinski definition) is 2. The molecular formula is C18H17NO2. The van der Waals surface area contributed by atoms with E-state index in [1.807, 2.05) is 44.2 Å². The number of anilines is 1. The molecule has 1 saturated heterocycles. The van der Waals surface area contributed by atoms with E-state index in [1.54, 1.807) is 12.1 Å². The summed E-state index contributed by atoms with van der Waals surface area (Å²) in [6.07, 6.45) is 0.247. The summed E-state index contributed by atoms with van der Waals surface area (Å²) in [6, 6.07) is 15.2. The quantitative estimate of drug-likeness (QED) is 0.791. The Bertz CT molecular complexity index is 686. The fourth-order valence-electron chi connectivity index (χ4n) is 2.95. The molecule has 0 spiro atoms. The predicted molar refractivity (Wildman–Crippen MR) is 82.2 cm³/mol. The van der Waals surface area contributed by atoms with Crippen LogP contribution in [0.25, 0.3) is 0 Å². The van der Waals surface area contributed by atoms with Gasteiger partial charge in [0.1, 0.15) is 0 Å². The fourth-order valence-corrected chi connectivity index (χ4v) is 2.95. The van der Waals surface area contributed by atoms with Crippen molar-refractivity contribution in [3.8, 4) is 0 Å². The number of imide groups is 1. The molecule has 3 heteroatoms. The van der Waals surface area contributed by atoms with E-state index in [9.17, 15) is 9.59 Å². The molecule has 0 N–H and O–H groups in total. The van der Waals surface area contributed by atoms with Gasteiger partial charge in [0.25, 0.3) is 0 Å². The van der Waals surface area contributed by atoms with E-state index in [0.717, 1.165) is 16.7 Å². The summed E-state index contributed by atoms with van der Waals surface area (Å²) >= 11 is 0. The Hall–Kier alpha value is -2.42. The molecule has 1 atom stereocenters. The van der Waals surface area contributed by atoms with Gasteiger partial charge in [-0.15, -0.1) is 0 Å². The summed E-state index contributed by atoms with van der Waals surface area (Å²) in [5, 5.41) is 0. The molecule has 2 amide bonds. The van der Waals surface area contributed by atoms with E-state index in [4.69, 9.17) is 0 Å². The first-order chi connectivity index (χ1) is 10.1. The van der Waals surface area contributed by atoms with Gasteiger partial charge in [-0.25, -0.2) is 0 Å². The lowest BCUT2D eigenvalue weighted by Gasteiger charge is -2.15. The highest BCUT2D eigenvalue weighted by atomic mass is 16.2. The van der Waals surface area contributed by atoms with Crippen LogP contribution in [0, 0.1) is 13.8 Å². The summed E-state index contributed by atoms with van der Waals surface area (Å²) in [5.74, 6) is -0.622. The zero-order chi connectivity index (χ0) is 15.0. The second-order valence-electron chi connectivity index (χ2n) is 5.58. The van der Waals surface area contributed by atoms with E-state index >= 15 is 0 Å². The van der Waals surface area contributed by atoms with E-state index in [-0.39, 0.29) is 24.2 Å². The Morgan fingerprint density at radius 1 is 0.952 bits per heavy atom. The van der Waals surface area contributed by atoms with E-state index in [2.05, 4.69) is 6.07 Å². The first-order valence-corrected chi connectivity index (χ1v) is 7.06. The van der Waals surface area contributed by atoms with Gasteiger partial charge in [-0.2, -0.15) is 0 Å². The van der Waals surface area contributed by atoms with Crippen molar-refractivity contribution >= 4 is 17.5 Å². The number of hydrogen-bond donors (Lipinski definition) is 0. The van der Waals surface area contributed by atoms with Gasteiger partial charge in [0, 0.05) is 6.42 Å². The summed E-state index contributed by atoms with van der Waals surface area (Å²) in [6.45, 7) is 4.01. The molecule has 0 radical (unpaired) electrons. The van der Waals surface area contributed by atoms with E-state index < -0.39 is 0 Å². The summed E-state index contributed by atoms with van der Waals surface area (Å²) in [7, 11) is 0. The lowest BCUT2D eigenvalue weighted by molar-refractivity contribution is -0.121. The maximum absolute atomic E-state index is 12.6. The van der Waals surface area contributed by atoms with Crippen LogP contribution in [0.1, 0.15) is 29.0 Å². The molecule has 1 unspecified atom stereocenters. The van der Waals surface area contributed by atoms with Gasteiger partial charge in [0.2, 0.25) is 11.8 Å². The van der Waals surface area contributed by atoms with Crippen LogP contribution in [-0.2, 0) is 9.59 Å². The first-order valence-electron chi connectivity index (χ1n) is 7.06. The number of rotatable bonds is 2. The van der Waals surface area contributed by atoms with Crippen molar-refractivity contribution in [1.29, 1.82) is 0 Å². The molecule has 3 rings (SSSR count). The standard InChI is InChI=1S/C18H17NO2/c1-12-8-13(2)10-14(9-12)16-11-17(20)19(18(16)21)15-6-4-3-5-7-15/h3-10,16H,11H2,1-2H3. The molecule has 0 aromatic heterocycles. The predicted octanol–water partition coefficient (Wildman–Crippen LogP) is 3.35. The van der Waals surface area contributed by atoms with E-state index in [1.165, 1.54) is 4.90 Å². The third kappa shape index (κ3) is 2.47. The maximum atomic E-state index is 12.6. The Kier molecular flexibility index (Phi) is 3.34. The number of para-hydroxylation sites is 1. The lowest BCUT2D eigenvalue weighted by Crippen LogP contribution is -2.29. The summed E-state index contributed by atoms with van der Waals surface area (Å²) in [5.41, 5.74) is 3.82. The second-order valence-corrected chi connectivity index (χ2v) is 5.58. The smallest absolute Gasteiger partial charge is 0.241 e. The van der Waals surface area contributed by atoms with Crippen LogP contribution in [0.3, 0.4) is 0 Å². The summed E-state index contributed by atoms with van der Waals surface area (Å²) in [4.78, 5) is 26.2. The normalized spacial score (nSPS) is 18.4. The Morgan fingerprint density at radius 3 is 2.19 bits per heavy atom. The third-order valence-electron chi connectivity index (χ3n) is 3.81. The van der Waals surface area contributed by atoms with Crippen LogP contribution >= 0.6 is 0 Å². The lowest BCUT2D eigenvalue weighted by atomic mass is 9.94. The minimum Gasteiger partial charge on any atom is -0.274 e. The van der Waals surface area contributed by atoms with Gasteiger partial charge in [0.15, 0.2) is 0 Å². The largest absolute Gasteiger partial charge is 0.274 e. The zero-order valence-electron chi connectivity index (χ0n) is 12.2. The third-order valence-corrected chi connectivity index (χ3v) is 3.81. The molecule has 0 bridgehead atoms. The minimum absolute atomic E-state index is 0.129. The molecule has 2 aromatic carbocycles. The van der Waals surface area contributed by atoms with Crippen molar-refractivity contribution < 1.29 is 9.59 Å². The number of carbonyl (C=O) groups excluding carboxylic acids is 2. The fraction of sp³-hybridized carbons (Fsp3) is 0.222. The van der Waals surface area contributed by atoms with Crippen LogP contribution in [0.5, 0.6) is 0 Å². The van der Waals surface area contributed by atoms with Gasteiger partial charge in [-0.1, -0.05) is 47.5 Å². The number of carbonyl (C=O) groups is 2. The maximum Gasteiger partial charge on any atom is 0.241 e. The van der Waals surface area contributed by atoms with E-state index in [0.29, 0.717) is 5.69 Å². The highest BCUT2D eigenvalue weighted by Crippen LogP contribution is 2.33. The van der Waals surface area contributed by atoms with Crippen molar-refractivity contribution in [2.75, 3.05) is 4.90 Å². The molecule has 3 nitrogen and oxygen atoms in total. The van der Waals surface area contributed by atoms with Gasteiger partial charge in [-0.3, -0.25) is 14.5 Å². The average Bonchev–Trinajstić information content (AvgIpc) is 2.74. The highest BCUT2D eigenvalue weighted by Gasteiger charge is 2.40. The number of nitrogens with zero attached hydrogens (tertiary/aromatic N) is 1. The topological polar surface area (TPSA) is 37.4 Å². The molecule has 1 aliphatic heterocycles. The number of aryl methyl sites for hydroxylation is 2. The van der Waals surface area contributed by atoms with Crippen LogP contribution < -0.4 is 4.90 Å². The van der Waals surface area contributed by atoms with Crippen molar-refractivity contribution in [2.24, 2.45) is 0 Å². The molecular weight excluding hydrogens is 262 g/mol. The molecule has 1 heterocycles. The van der Waals surface area contributed by atoms with Crippen molar-refractivity contribution in [2.45, 2.75) is 26.2 Å². The van der Waals surface area contributed by atoms with Crippen LogP contribution in [0.4, 0.5) is 5.69 Å². The number of benzene rings is 2. The van der Waals surface area contributed by atoms with Crippen LogP contribution in [0.2, 0.25) is 0 Å². The monoisotopic (exact) mass is 279 g/mol. The number of amides is 2. The Morgan fingerprint density at radius 2 is 1.57 bits per heavy atom. The van der Waals surface area contributed by atoms with Gasteiger partial charge < -0.3 is 0 Å². The molecule has 1 aliphatic rings. The van der Waals surface area contributed by atoms with Crippen molar-refractivity contribution in [3.05, 3.63) is 65.2 Å². The first kappa shape index (κ1) is 13.6. The van der Waals surface area contributed by atoms with Gasteiger partial charge >= 0.3 is 0 Å². The zero-order valence-corrected chi connectivity index (χ0v) is 12.2. The molecule has 106 valence electrons. The van der Waals surface area contributed by atoms with Crippen LogP contribution in [0.15, 0.2) is 48.5 Å². The molecule has 2 aromatic rings. The molecule has 0 saturated carbocycles.